The molecule has 0 saturated carbocycles. The summed E-state index contributed by atoms with van der Waals surface area (Å²) in [6, 6.07) is 0.178. The molecule has 13 heavy (non-hydrogen) atoms. The number of nitrogens with one attached hydrogen (secondary N) is 1. The molecule has 4 nitrogen and oxygen atoms in total. The molecule has 1 aliphatic heterocycles. The molecule has 1 N–H and O–H groups in total. The van der Waals surface area contributed by atoms with Gasteiger partial charge in [-0.2, -0.15) is 0 Å². The normalized spacial score (nSPS) is 34.3. The van der Waals surface area contributed by atoms with Crippen LogP contribution in [0.15, 0.2) is 0 Å². The van der Waals surface area contributed by atoms with E-state index >= 15 is 0 Å². The van der Waals surface area contributed by atoms with E-state index < -0.39 is 7.75 Å². The summed E-state index contributed by atoms with van der Waals surface area (Å²) in [5, 5.41) is 2.91. The zero-order chi connectivity index (χ0) is 9.90. The molecule has 1 saturated heterocycles. The Morgan fingerprint density at radius 2 is 2.38 bits per heavy atom. The number of hydrogen-bond acceptors (Lipinski definition) is 3. The van der Waals surface area contributed by atoms with E-state index in [2.05, 4.69) is 18.9 Å². The molecular formula is C8H18NO3P. The Morgan fingerprint density at radius 1 is 1.69 bits per heavy atom. The zero-order valence-electron chi connectivity index (χ0n) is 8.45. The van der Waals surface area contributed by atoms with E-state index in [9.17, 15) is 4.57 Å². The predicted octanol–water partition coefficient (Wildman–Crippen LogP) is 2.17. The second-order valence-corrected chi connectivity index (χ2v) is 5.44. The second kappa shape index (κ2) is 4.56. The summed E-state index contributed by atoms with van der Waals surface area (Å²) in [5.41, 5.74) is 0. The Labute approximate surface area is 79.6 Å². The van der Waals surface area contributed by atoms with Gasteiger partial charge >= 0.3 is 7.75 Å². The minimum atomic E-state index is -2.93. The summed E-state index contributed by atoms with van der Waals surface area (Å²) in [6.07, 6.45) is 0.969. The molecule has 78 valence electrons. The standard InChI is InChI=1S/C8H18NO3P/c1-4-11-13(10)9-8(6-12-13)5-7(2)3/h7-8H,4-6H2,1-3H3,(H,9,10). The largest absolute Gasteiger partial charge is 0.405 e. The van der Waals surface area contributed by atoms with E-state index in [0.717, 1.165) is 6.42 Å². The molecule has 5 heteroatoms. The van der Waals surface area contributed by atoms with Crippen LogP contribution in [0.1, 0.15) is 27.2 Å². The Bertz CT molecular complexity index is 208. The average molecular weight is 207 g/mol. The molecule has 1 rings (SSSR count). The number of rotatable bonds is 4. The molecule has 1 heterocycles. The van der Waals surface area contributed by atoms with Crippen LogP contribution in [-0.4, -0.2) is 19.3 Å². The van der Waals surface area contributed by atoms with Gasteiger partial charge in [0, 0.05) is 6.04 Å². The summed E-state index contributed by atoms with van der Waals surface area (Å²) in [5.74, 6) is 0.578. The van der Waals surface area contributed by atoms with Crippen LogP contribution in [0.3, 0.4) is 0 Å². The van der Waals surface area contributed by atoms with Crippen LogP contribution in [0, 0.1) is 5.92 Å². The quantitative estimate of drug-likeness (QED) is 0.717. The van der Waals surface area contributed by atoms with Crippen molar-refractivity contribution in [3.63, 3.8) is 0 Å². The van der Waals surface area contributed by atoms with Gasteiger partial charge in [-0.15, -0.1) is 0 Å². The Morgan fingerprint density at radius 3 is 2.92 bits per heavy atom. The van der Waals surface area contributed by atoms with Crippen molar-refractivity contribution in [3.05, 3.63) is 0 Å². The first-order chi connectivity index (χ1) is 6.06. The zero-order valence-corrected chi connectivity index (χ0v) is 9.34. The van der Waals surface area contributed by atoms with Crippen LogP contribution in [0.5, 0.6) is 0 Å². The van der Waals surface area contributed by atoms with Crippen molar-refractivity contribution >= 4 is 7.75 Å². The van der Waals surface area contributed by atoms with Gasteiger partial charge in [-0.3, -0.25) is 9.05 Å². The lowest BCUT2D eigenvalue weighted by Gasteiger charge is -2.12. The van der Waals surface area contributed by atoms with Gasteiger partial charge < -0.3 is 0 Å². The molecular weight excluding hydrogens is 189 g/mol. The molecule has 0 amide bonds. The van der Waals surface area contributed by atoms with Gasteiger partial charge in [-0.1, -0.05) is 13.8 Å². The Kier molecular flexibility index (Phi) is 3.92. The van der Waals surface area contributed by atoms with Gasteiger partial charge in [-0.05, 0) is 19.3 Å². The lowest BCUT2D eigenvalue weighted by atomic mass is 10.1. The summed E-state index contributed by atoms with van der Waals surface area (Å²) in [6.45, 7) is 6.98. The molecule has 1 aliphatic rings. The highest BCUT2D eigenvalue weighted by Gasteiger charge is 2.35. The first kappa shape index (κ1) is 11.2. The Balaban J connectivity index is 2.39. The van der Waals surface area contributed by atoms with Crippen LogP contribution < -0.4 is 5.09 Å². The maximum atomic E-state index is 11.6. The van der Waals surface area contributed by atoms with Crippen LogP contribution in [-0.2, 0) is 13.6 Å². The van der Waals surface area contributed by atoms with Gasteiger partial charge in [0.15, 0.2) is 0 Å². The fraction of sp³-hybridized carbons (Fsp3) is 1.00. The molecule has 1 fully saturated rings. The van der Waals surface area contributed by atoms with Gasteiger partial charge in [0.1, 0.15) is 0 Å². The molecule has 0 radical (unpaired) electrons. The lowest BCUT2D eigenvalue weighted by Crippen LogP contribution is -2.23. The van der Waals surface area contributed by atoms with E-state index in [0.29, 0.717) is 19.1 Å². The molecule has 0 spiro atoms. The molecule has 0 aromatic carbocycles. The fourth-order valence-electron chi connectivity index (χ4n) is 1.42. The van der Waals surface area contributed by atoms with Crippen molar-refractivity contribution in [1.82, 2.24) is 5.09 Å². The van der Waals surface area contributed by atoms with Crippen molar-refractivity contribution in [2.45, 2.75) is 33.2 Å². The van der Waals surface area contributed by atoms with E-state index in [-0.39, 0.29) is 6.04 Å². The monoisotopic (exact) mass is 207 g/mol. The first-order valence-corrected chi connectivity index (χ1v) is 6.27. The summed E-state index contributed by atoms with van der Waals surface area (Å²) in [4.78, 5) is 0. The van der Waals surface area contributed by atoms with Crippen LogP contribution in [0.25, 0.3) is 0 Å². The second-order valence-electron chi connectivity index (χ2n) is 3.67. The van der Waals surface area contributed by atoms with Crippen LogP contribution in [0.4, 0.5) is 0 Å². The topological polar surface area (TPSA) is 47.6 Å². The minimum Gasteiger partial charge on any atom is -0.297 e. The highest BCUT2D eigenvalue weighted by molar-refractivity contribution is 7.51. The summed E-state index contributed by atoms with van der Waals surface area (Å²) in [7, 11) is -2.93. The smallest absolute Gasteiger partial charge is 0.297 e. The van der Waals surface area contributed by atoms with Crippen LogP contribution in [0.2, 0.25) is 0 Å². The highest BCUT2D eigenvalue weighted by Crippen LogP contribution is 2.48. The summed E-state index contributed by atoms with van der Waals surface area (Å²) >= 11 is 0. The summed E-state index contributed by atoms with van der Waals surface area (Å²) < 4.78 is 21.8. The fourth-order valence-corrected chi connectivity index (χ4v) is 2.99. The van der Waals surface area contributed by atoms with Crippen LogP contribution >= 0.6 is 7.75 Å². The van der Waals surface area contributed by atoms with Gasteiger partial charge in [-0.25, -0.2) is 9.65 Å². The van der Waals surface area contributed by atoms with Gasteiger partial charge in [0.05, 0.1) is 13.2 Å². The highest BCUT2D eigenvalue weighted by atomic mass is 31.2. The first-order valence-electron chi connectivity index (χ1n) is 4.72. The van der Waals surface area contributed by atoms with Crippen molar-refractivity contribution in [3.8, 4) is 0 Å². The van der Waals surface area contributed by atoms with Crippen molar-refractivity contribution in [1.29, 1.82) is 0 Å². The van der Waals surface area contributed by atoms with Crippen molar-refractivity contribution in [2.75, 3.05) is 13.2 Å². The Hall–Kier alpha value is 0.110. The van der Waals surface area contributed by atoms with E-state index in [1.165, 1.54) is 0 Å². The number of hydrogen-bond donors (Lipinski definition) is 1. The lowest BCUT2D eigenvalue weighted by molar-refractivity contribution is 0.232. The van der Waals surface area contributed by atoms with E-state index in [1.54, 1.807) is 6.92 Å². The third kappa shape index (κ3) is 3.39. The molecule has 2 unspecified atom stereocenters. The van der Waals surface area contributed by atoms with E-state index in [4.69, 9.17) is 9.05 Å². The molecule has 0 aromatic heterocycles. The average Bonchev–Trinajstić information content (AvgIpc) is 2.31. The predicted molar refractivity (Wildman–Crippen MR) is 51.6 cm³/mol. The maximum Gasteiger partial charge on any atom is 0.405 e. The maximum absolute atomic E-state index is 11.6. The molecule has 2 atom stereocenters. The molecule has 0 bridgehead atoms. The SMILES string of the molecule is CCOP1(=O)NC(CC(C)C)CO1. The van der Waals surface area contributed by atoms with Crippen molar-refractivity contribution in [2.24, 2.45) is 5.92 Å². The van der Waals surface area contributed by atoms with Gasteiger partial charge in [0.2, 0.25) is 0 Å². The van der Waals surface area contributed by atoms with Gasteiger partial charge in [0.25, 0.3) is 0 Å². The minimum absolute atomic E-state index is 0.178. The third-order valence-corrected chi connectivity index (χ3v) is 3.61. The molecule has 0 aliphatic carbocycles. The third-order valence-electron chi connectivity index (χ3n) is 1.84. The van der Waals surface area contributed by atoms with E-state index in [1.807, 2.05) is 0 Å². The van der Waals surface area contributed by atoms with Crippen molar-refractivity contribution < 1.29 is 13.6 Å². The molecule has 0 aromatic rings.